The molecule has 0 bridgehead atoms. The number of anilines is 1. The van der Waals surface area contributed by atoms with Gasteiger partial charge in [0.15, 0.2) is 11.5 Å². The van der Waals surface area contributed by atoms with E-state index in [1.54, 1.807) is 12.1 Å². The molecule has 0 fully saturated rings. The first-order valence-electron chi connectivity index (χ1n) is 7.82. The fraction of sp³-hybridized carbons (Fsp3) is 0.333. The highest BCUT2D eigenvalue weighted by Gasteiger charge is 2.12. The third-order valence-electron chi connectivity index (χ3n) is 3.24. The van der Waals surface area contributed by atoms with Gasteiger partial charge in [-0.2, -0.15) is 0 Å². The van der Waals surface area contributed by atoms with Gasteiger partial charge in [-0.3, -0.25) is 0 Å². The summed E-state index contributed by atoms with van der Waals surface area (Å²) in [4.78, 5) is 0. The monoisotopic (exact) mass is 371 g/mol. The van der Waals surface area contributed by atoms with Crippen LogP contribution in [0.3, 0.4) is 0 Å². The van der Waals surface area contributed by atoms with E-state index >= 15 is 0 Å². The highest BCUT2D eigenvalue weighted by Crippen LogP contribution is 2.37. The summed E-state index contributed by atoms with van der Waals surface area (Å²) < 4.78 is 24.5. The molecular weight excluding hydrogens is 352 g/mol. The van der Waals surface area contributed by atoms with Crippen LogP contribution >= 0.6 is 23.2 Å². The Kier molecular flexibility index (Phi) is 7.00. The van der Waals surface area contributed by atoms with E-state index in [-0.39, 0.29) is 5.02 Å². The van der Waals surface area contributed by atoms with Gasteiger partial charge in [0.2, 0.25) is 0 Å². The second-order valence-corrected chi connectivity index (χ2v) is 5.98. The van der Waals surface area contributed by atoms with Crippen molar-refractivity contribution in [1.82, 2.24) is 0 Å². The highest BCUT2D eigenvalue weighted by atomic mass is 35.5. The lowest BCUT2D eigenvalue weighted by molar-refractivity contribution is 0.277. The minimum atomic E-state index is -0.443. The zero-order valence-corrected chi connectivity index (χ0v) is 15.2. The Bertz CT molecular complexity index is 695. The number of hydrogen-bond donors (Lipinski definition) is 1. The molecule has 0 aliphatic heterocycles. The second-order valence-electron chi connectivity index (χ2n) is 5.17. The molecule has 0 aliphatic carbocycles. The number of rotatable bonds is 8. The second kappa shape index (κ2) is 9.00. The predicted octanol–water partition coefficient (Wildman–Crippen LogP) is 5.93. The van der Waals surface area contributed by atoms with Crippen LogP contribution in [-0.4, -0.2) is 13.2 Å². The van der Waals surface area contributed by atoms with Gasteiger partial charge in [-0.05, 0) is 49.2 Å². The van der Waals surface area contributed by atoms with Gasteiger partial charge < -0.3 is 14.8 Å². The minimum absolute atomic E-state index is 0.0800. The molecule has 0 radical (unpaired) electrons. The van der Waals surface area contributed by atoms with Gasteiger partial charge in [0.1, 0.15) is 5.82 Å². The summed E-state index contributed by atoms with van der Waals surface area (Å²) in [6.45, 7) is 5.52. The molecule has 2 aromatic carbocycles. The van der Waals surface area contributed by atoms with Gasteiger partial charge >= 0.3 is 0 Å². The maximum absolute atomic E-state index is 13.2. The summed E-state index contributed by atoms with van der Waals surface area (Å²) in [7, 11) is 0. The normalized spacial score (nSPS) is 10.5. The fourth-order valence-electron chi connectivity index (χ4n) is 2.14. The van der Waals surface area contributed by atoms with Crippen LogP contribution in [0, 0.1) is 5.82 Å². The van der Waals surface area contributed by atoms with Gasteiger partial charge in [-0.1, -0.05) is 30.1 Å². The Morgan fingerprint density at radius 1 is 1.04 bits per heavy atom. The van der Waals surface area contributed by atoms with Gasteiger partial charge in [-0.15, -0.1) is 0 Å². The number of nitrogens with one attached hydrogen (secondary N) is 1. The van der Waals surface area contributed by atoms with Crippen molar-refractivity contribution in [3.63, 3.8) is 0 Å². The Morgan fingerprint density at radius 3 is 2.50 bits per heavy atom. The van der Waals surface area contributed by atoms with Gasteiger partial charge in [0.25, 0.3) is 0 Å². The van der Waals surface area contributed by atoms with E-state index in [4.69, 9.17) is 32.7 Å². The Morgan fingerprint density at radius 2 is 1.83 bits per heavy atom. The highest BCUT2D eigenvalue weighted by molar-refractivity contribution is 6.32. The van der Waals surface area contributed by atoms with Crippen molar-refractivity contribution in [2.75, 3.05) is 18.5 Å². The van der Waals surface area contributed by atoms with E-state index < -0.39 is 5.82 Å². The number of benzene rings is 2. The first-order valence-corrected chi connectivity index (χ1v) is 8.57. The molecule has 0 aliphatic rings. The topological polar surface area (TPSA) is 30.5 Å². The first kappa shape index (κ1) is 18.7. The molecule has 3 nitrogen and oxygen atoms in total. The van der Waals surface area contributed by atoms with Crippen molar-refractivity contribution < 1.29 is 13.9 Å². The quantitative estimate of drug-likeness (QED) is 0.623. The summed E-state index contributed by atoms with van der Waals surface area (Å²) in [6, 6.07) is 8.21. The van der Waals surface area contributed by atoms with Crippen LogP contribution in [0.1, 0.15) is 25.8 Å². The van der Waals surface area contributed by atoms with E-state index in [1.165, 1.54) is 6.07 Å². The molecule has 0 spiro atoms. The molecule has 0 aromatic heterocycles. The van der Waals surface area contributed by atoms with Crippen molar-refractivity contribution in [3.05, 3.63) is 51.8 Å². The summed E-state index contributed by atoms with van der Waals surface area (Å²) in [5.74, 6) is 0.739. The van der Waals surface area contributed by atoms with Crippen LogP contribution in [-0.2, 0) is 6.54 Å². The molecule has 0 saturated carbocycles. The van der Waals surface area contributed by atoms with Crippen molar-refractivity contribution >= 4 is 28.9 Å². The molecule has 0 saturated heterocycles. The van der Waals surface area contributed by atoms with E-state index in [0.29, 0.717) is 36.3 Å². The first-order chi connectivity index (χ1) is 11.5. The van der Waals surface area contributed by atoms with E-state index in [2.05, 4.69) is 5.32 Å². The molecule has 1 N–H and O–H groups in total. The summed E-state index contributed by atoms with van der Waals surface area (Å²) in [6.07, 6.45) is 0.885. The van der Waals surface area contributed by atoms with Crippen molar-refractivity contribution in [1.29, 1.82) is 0 Å². The lowest BCUT2D eigenvalue weighted by Crippen LogP contribution is -2.04. The van der Waals surface area contributed by atoms with Crippen LogP contribution in [0.15, 0.2) is 30.3 Å². The van der Waals surface area contributed by atoms with Crippen molar-refractivity contribution in [2.24, 2.45) is 0 Å². The van der Waals surface area contributed by atoms with Gasteiger partial charge in [-0.25, -0.2) is 4.39 Å². The van der Waals surface area contributed by atoms with Crippen LogP contribution in [0.5, 0.6) is 11.5 Å². The zero-order valence-electron chi connectivity index (χ0n) is 13.7. The van der Waals surface area contributed by atoms with Crippen molar-refractivity contribution in [2.45, 2.75) is 26.8 Å². The Hall–Kier alpha value is -1.65. The third kappa shape index (κ3) is 4.92. The predicted molar refractivity (Wildman–Crippen MR) is 97.1 cm³/mol. The molecular formula is C18H20Cl2FNO2. The lowest BCUT2D eigenvalue weighted by atomic mass is 10.2. The molecule has 0 heterocycles. The average molecular weight is 372 g/mol. The summed E-state index contributed by atoms with van der Waals surface area (Å²) in [5.41, 5.74) is 1.65. The SMILES string of the molecule is CCCOc1c(Cl)cc(CNc2ccc(F)c(Cl)c2)cc1OCC. The molecule has 24 heavy (non-hydrogen) atoms. The third-order valence-corrected chi connectivity index (χ3v) is 3.81. The molecule has 2 rings (SSSR count). The summed E-state index contributed by atoms with van der Waals surface area (Å²) >= 11 is 12.1. The van der Waals surface area contributed by atoms with E-state index in [9.17, 15) is 4.39 Å². The molecule has 2 aromatic rings. The summed E-state index contributed by atoms with van der Waals surface area (Å²) in [5, 5.41) is 3.77. The number of hydrogen-bond acceptors (Lipinski definition) is 3. The van der Waals surface area contributed by atoms with Crippen LogP contribution in [0.25, 0.3) is 0 Å². The molecule has 0 atom stereocenters. The van der Waals surface area contributed by atoms with E-state index in [0.717, 1.165) is 17.7 Å². The van der Waals surface area contributed by atoms with Crippen LogP contribution in [0.2, 0.25) is 10.0 Å². The van der Waals surface area contributed by atoms with Crippen molar-refractivity contribution in [3.8, 4) is 11.5 Å². The number of ether oxygens (including phenoxy) is 2. The standard InChI is InChI=1S/C18H20Cl2FNO2/c1-3-7-24-18-15(20)8-12(9-17(18)23-4-2)11-22-13-5-6-16(21)14(19)10-13/h5-6,8-10,22H,3-4,7,11H2,1-2H3. The smallest absolute Gasteiger partial charge is 0.179 e. The molecule has 130 valence electrons. The molecule has 6 heteroatoms. The fourth-order valence-corrected chi connectivity index (χ4v) is 2.61. The minimum Gasteiger partial charge on any atom is -0.490 e. The number of halogens is 3. The van der Waals surface area contributed by atoms with Crippen LogP contribution in [0.4, 0.5) is 10.1 Å². The largest absolute Gasteiger partial charge is 0.490 e. The van der Waals surface area contributed by atoms with Crippen LogP contribution < -0.4 is 14.8 Å². The average Bonchev–Trinajstić information content (AvgIpc) is 2.55. The van der Waals surface area contributed by atoms with E-state index in [1.807, 2.05) is 26.0 Å². The Labute approximate surface area is 151 Å². The molecule has 0 amide bonds. The molecule has 0 unspecified atom stereocenters. The maximum atomic E-state index is 13.2. The lowest BCUT2D eigenvalue weighted by Gasteiger charge is -2.15. The zero-order chi connectivity index (χ0) is 17.5. The maximum Gasteiger partial charge on any atom is 0.179 e. The van der Waals surface area contributed by atoms with Gasteiger partial charge in [0, 0.05) is 12.2 Å². The van der Waals surface area contributed by atoms with Gasteiger partial charge in [0.05, 0.1) is 23.3 Å². The Balaban J connectivity index is 2.16.